The molecule has 0 aromatic rings. The first-order valence-corrected chi connectivity index (χ1v) is 9.03. The highest BCUT2D eigenvalue weighted by Crippen LogP contribution is 2.34. The Morgan fingerprint density at radius 2 is 1.68 bits per heavy atom. The van der Waals surface area contributed by atoms with Crippen molar-refractivity contribution in [1.82, 2.24) is 5.32 Å². The average molecular weight is 265 g/mol. The van der Waals surface area contributed by atoms with Crippen LogP contribution in [0, 0.1) is 17.8 Å². The molecule has 0 heterocycles. The van der Waals surface area contributed by atoms with Gasteiger partial charge in [0.25, 0.3) is 0 Å². The topological polar surface area (TPSA) is 12.0 Å². The lowest BCUT2D eigenvalue weighted by Gasteiger charge is -2.34. The van der Waals surface area contributed by atoms with Crippen LogP contribution in [0.15, 0.2) is 0 Å². The molecule has 0 aromatic carbocycles. The predicted octanol–water partition coefficient (Wildman–Crippen LogP) is 5.15. The van der Waals surface area contributed by atoms with Crippen molar-refractivity contribution >= 4 is 0 Å². The lowest BCUT2D eigenvalue weighted by atomic mass is 9.77. The van der Waals surface area contributed by atoms with Crippen LogP contribution in [0.25, 0.3) is 0 Å². The molecule has 2 aliphatic rings. The maximum atomic E-state index is 3.88. The monoisotopic (exact) mass is 265 g/mol. The highest BCUT2D eigenvalue weighted by Gasteiger charge is 2.26. The molecular weight excluding hydrogens is 230 g/mol. The number of nitrogens with one attached hydrogen (secondary N) is 1. The highest BCUT2D eigenvalue weighted by atomic mass is 14.9. The van der Waals surface area contributed by atoms with Crippen LogP contribution in [0.5, 0.6) is 0 Å². The van der Waals surface area contributed by atoms with Crippen molar-refractivity contribution in [2.45, 2.75) is 90.5 Å². The Morgan fingerprint density at radius 3 is 2.32 bits per heavy atom. The fraction of sp³-hybridized carbons (Fsp3) is 1.00. The Morgan fingerprint density at radius 1 is 1.00 bits per heavy atom. The van der Waals surface area contributed by atoms with E-state index in [1.807, 2.05) is 0 Å². The molecule has 1 atom stereocenters. The van der Waals surface area contributed by atoms with Crippen LogP contribution >= 0.6 is 0 Å². The minimum absolute atomic E-state index is 0.827. The second-order valence-electron chi connectivity index (χ2n) is 7.31. The second kappa shape index (κ2) is 8.29. The zero-order valence-corrected chi connectivity index (χ0v) is 13.3. The van der Waals surface area contributed by atoms with Gasteiger partial charge in [0.1, 0.15) is 0 Å². The van der Waals surface area contributed by atoms with Gasteiger partial charge in [-0.2, -0.15) is 0 Å². The van der Waals surface area contributed by atoms with Crippen LogP contribution in [0.2, 0.25) is 0 Å². The molecule has 112 valence electrons. The summed E-state index contributed by atoms with van der Waals surface area (Å²) in [5.41, 5.74) is 0. The summed E-state index contributed by atoms with van der Waals surface area (Å²) in [7, 11) is 0. The summed E-state index contributed by atoms with van der Waals surface area (Å²) in [4.78, 5) is 0. The molecule has 2 saturated carbocycles. The first-order valence-electron chi connectivity index (χ1n) is 9.03. The van der Waals surface area contributed by atoms with Gasteiger partial charge in [-0.3, -0.25) is 0 Å². The smallest absolute Gasteiger partial charge is 0.00954 e. The third-order valence-electron chi connectivity index (χ3n) is 5.65. The van der Waals surface area contributed by atoms with Gasteiger partial charge >= 0.3 is 0 Å². The predicted molar refractivity (Wildman–Crippen MR) is 84.4 cm³/mol. The molecule has 2 aliphatic carbocycles. The molecule has 0 amide bonds. The van der Waals surface area contributed by atoms with E-state index in [0.717, 1.165) is 23.8 Å². The largest absolute Gasteiger partial charge is 0.314 e. The number of hydrogen-bond donors (Lipinski definition) is 1. The Kier molecular flexibility index (Phi) is 6.70. The normalized spacial score (nSPS) is 30.6. The molecular formula is C18H35N. The summed E-state index contributed by atoms with van der Waals surface area (Å²) in [6, 6.07) is 0.827. The van der Waals surface area contributed by atoms with E-state index in [1.165, 1.54) is 77.2 Å². The van der Waals surface area contributed by atoms with Crippen LogP contribution in [0.4, 0.5) is 0 Å². The van der Waals surface area contributed by atoms with Crippen LogP contribution in [0.3, 0.4) is 0 Å². The van der Waals surface area contributed by atoms with Gasteiger partial charge in [0.15, 0.2) is 0 Å². The van der Waals surface area contributed by atoms with Gasteiger partial charge < -0.3 is 5.32 Å². The van der Waals surface area contributed by atoms with E-state index in [1.54, 1.807) is 0 Å². The molecule has 2 rings (SSSR count). The van der Waals surface area contributed by atoms with Gasteiger partial charge in [-0.1, -0.05) is 52.4 Å². The molecule has 2 fully saturated rings. The van der Waals surface area contributed by atoms with Crippen molar-refractivity contribution in [2.24, 2.45) is 17.8 Å². The zero-order valence-electron chi connectivity index (χ0n) is 13.3. The lowest BCUT2D eigenvalue weighted by molar-refractivity contribution is 0.214. The van der Waals surface area contributed by atoms with Crippen molar-refractivity contribution in [2.75, 3.05) is 6.54 Å². The highest BCUT2D eigenvalue weighted by molar-refractivity contribution is 4.82. The summed E-state index contributed by atoms with van der Waals surface area (Å²) in [5.74, 6) is 3.02. The van der Waals surface area contributed by atoms with Gasteiger partial charge in [0, 0.05) is 6.04 Å². The Labute approximate surface area is 120 Å². The van der Waals surface area contributed by atoms with Crippen LogP contribution < -0.4 is 5.32 Å². The Balaban J connectivity index is 1.76. The summed E-state index contributed by atoms with van der Waals surface area (Å²) in [6.07, 6.45) is 16.2. The number of hydrogen-bond acceptors (Lipinski definition) is 1. The van der Waals surface area contributed by atoms with Gasteiger partial charge in [0.05, 0.1) is 0 Å². The minimum atomic E-state index is 0.827. The van der Waals surface area contributed by atoms with Gasteiger partial charge in [0.2, 0.25) is 0 Å². The maximum Gasteiger partial charge on any atom is 0.00954 e. The van der Waals surface area contributed by atoms with E-state index in [9.17, 15) is 0 Å². The summed E-state index contributed by atoms with van der Waals surface area (Å²) in [5, 5.41) is 3.88. The van der Waals surface area contributed by atoms with Gasteiger partial charge in [-0.25, -0.2) is 0 Å². The molecule has 1 nitrogen and oxygen atoms in total. The van der Waals surface area contributed by atoms with E-state index in [0.29, 0.717) is 0 Å². The van der Waals surface area contributed by atoms with Gasteiger partial charge in [-0.05, 0) is 56.4 Å². The Hall–Kier alpha value is -0.0400. The quantitative estimate of drug-likeness (QED) is 0.671. The van der Waals surface area contributed by atoms with Crippen molar-refractivity contribution in [3.8, 4) is 0 Å². The molecule has 0 aromatic heterocycles. The summed E-state index contributed by atoms with van der Waals surface area (Å²) < 4.78 is 0. The minimum Gasteiger partial charge on any atom is -0.314 e. The van der Waals surface area contributed by atoms with E-state index >= 15 is 0 Å². The fourth-order valence-electron chi connectivity index (χ4n) is 4.24. The first-order chi connectivity index (χ1) is 9.29. The second-order valence-corrected chi connectivity index (χ2v) is 7.31. The molecule has 1 N–H and O–H groups in total. The molecule has 0 radical (unpaired) electrons. The molecule has 0 aliphatic heterocycles. The first kappa shape index (κ1) is 15.4. The van der Waals surface area contributed by atoms with E-state index in [4.69, 9.17) is 0 Å². The van der Waals surface area contributed by atoms with Crippen LogP contribution in [0.1, 0.15) is 84.5 Å². The Bertz CT molecular complexity index is 224. The van der Waals surface area contributed by atoms with E-state index in [2.05, 4.69) is 19.2 Å². The summed E-state index contributed by atoms with van der Waals surface area (Å²) >= 11 is 0. The van der Waals surface area contributed by atoms with Crippen molar-refractivity contribution in [3.05, 3.63) is 0 Å². The third kappa shape index (κ3) is 5.10. The number of rotatable bonds is 7. The standard InChI is InChI=1S/C18H35N/c1-3-14-19-18(13-10-16-6-4-5-7-16)17-11-8-15(2)9-12-17/h15-19H,3-14H2,1-2H3. The summed E-state index contributed by atoms with van der Waals surface area (Å²) in [6.45, 7) is 5.95. The molecule has 0 bridgehead atoms. The van der Waals surface area contributed by atoms with Gasteiger partial charge in [-0.15, -0.1) is 0 Å². The SMILES string of the molecule is CCCNC(CCC1CCCC1)C1CCC(C)CC1. The lowest BCUT2D eigenvalue weighted by Crippen LogP contribution is -2.38. The van der Waals surface area contributed by atoms with Crippen molar-refractivity contribution in [1.29, 1.82) is 0 Å². The molecule has 1 heteroatoms. The average Bonchev–Trinajstić information content (AvgIpc) is 2.93. The van der Waals surface area contributed by atoms with Crippen molar-refractivity contribution < 1.29 is 0 Å². The molecule has 0 saturated heterocycles. The molecule has 1 unspecified atom stereocenters. The molecule has 19 heavy (non-hydrogen) atoms. The van der Waals surface area contributed by atoms with E-state index in [-0.39, 0.29) is 0 Å². The fourth-order valence-corrected chi connectivity index (χ4v) is 4.24. The zero-order chi connectivity index (χ0) is 13.5. The maximum absolute atomic E-state index is 3.88. The van der Waals surface area contributed by atoms with Crippen molar-refractivity contribution in [3.63, 3.8) is 0 Å². The van der Waals surface area contributed by atoms with Crippen LogP contribution in [-0.2, 0) is 0 Å². The van der Waals surface area contributed by atoms with E-state index < -0.39 is 0 Å². The molecule has 0 spiro atoms. The third-order valence-corrected chi connectivity index (χ3v) is 5.65. The van der Waals surface area contributed by atoms with Crippen LogP contribution in [-0.4, -0.2) is 12.6 Å².